The Labute approximate surface area is 145 Å². The van der Waals surface area contributed by atoms with Crippen molar-refractivity contribution >= 4 is 34.4 Å². The Morgan fingerprint density at radius 2 is 1.96 bits per heavy atom. The Hall–Kier alpha value is -1.78. The maximum Gasteiger partial charge on any atom is 0.261 e. The number of amides is 1. The molecule has 0 N–H and O–H groups in total. The molecule has 1 aliphatic heterocycles. The van der Waals surface area contributed by atoms with E-state index in [0.29, 0.717) is 23.7 Å². The number of aliphatic imine (C=N–C) groups is 1. The summed E-state index contributed by atoms with van der Waals surface area (Å²) < 4.78 is 0. The van der Waals surface area contributed by atoms with Crippen molar-refractivity contribution in [1.82, 2.24) is 4.90 Å². The van der Waals surface area contributed by atoms with Crippen molar-refractivity contribution in [2.45, 2.75) is 12.7 Å². The number of halogens is 1. The molecule has 3 rings (SSSR count). The summed E-state index contributed by atoms with van der Waals surface area (Å²) in [6.07, 6.45) is 0. The molecule has 1 heterocycles. The van der Waals surface area contributed by atoms with E-state index in [1.165, 1.54) is 11.1 Å². The first-order valence-corrected chi connectivity index (χ1v) is 8.81. The normalized spacial score (nSPS) is 14.0. The predicted octanol–water partition coefficient (Wildman–Crippen LogP) is 4.39. The molecular formula is C18H17ClN2OS. The van der Waals surface area contributed by atoms with Gasteiger partial charge in [0.25, 0.3) is 5.91 Å². The number of rotatable bonds is 3. The highest BCUT2D eigenvalue weighted by Crippen LogP contribution is 2.24. The Morgan fingerprint density at radius 1 is 1.22 bits per heavy atom. The second-order valence-corrected chi connectivity index (χ2v) is 6.67. The van der Waals surface area contributed by atoms with E-state index in [0.717, 1.165) is 10.9 Å². The van der Waals surface area contributed by atoms with Gasteiger partial charge in [-0.25, -0.2) is 0 Å². The van der Waals surface area contributed by atoms with E-state index in [4.69, 9.17) is 11.6 Å². The minimum absolute atomic E-state index is 0.0795. The first-order chi connectivity index (χ1) is 11.2. The number of benzene rings is 2. The van der Waals surface area contributed by atoms with Crippen molar-refractivity contribution in [3.05, 3.63) is 70.2 Å². The summed E-state index contributed by atoms with van der Waals surface area (Å²) >= 11 is 7.75. The van der Waals surface area contributed by atoms with Crippen LogP contribution >= 0.6 is 23.4 Å². The Balaban J connectivity index is 1.72. The van der Waals surface area contributed by atoms with E-state index >= 15 is 0 Å². The highest BCUT2D eigenvalue weighted by atomic mass is 35.5. The van der Waals surface area contributed by atoms with Crippen LogP contribution < -0.4 is 0 Å². The Kier molecular flexibility index (Phi) is 5.03. The second kappa shape index (κ2) is 7.20. The SMILES string of the molecule is Cc1ccccc1CSC1=NCCN1C(=O)c1ccccc1Cl. The summed E-state index contributed by atoms with van der Waals surface area (Å²) in [7, 11) is 0. The van der Waals surface area contributed by atoms with Gasteiger partial charge in [0.15, 0.2) is 5.17 Å². The molecule has 1 amide bonds. The lowest BCUT2D eigenvalue weighted by Gasteiger charge is -2.18. The lowest BCUT2D eigenvalue weighted by molar-refractivity contribution is 0.0861. The molecule has 1 aliphatic rings. The summed E-state index contributed by atoms with van der Waals surface area (Å²) in [4.78, 5) is 18.9. The standard InChI is InChI=1S/C18H17ClN2OS/c1-13-6-2-3-7-14(13)12-23-18-20-10-11-21(18)17(22)15-8-4-5-9-16(15)19/h2-9H,10-12H2,1H3. The Bertz CT molecular complexity index is 760. The fourth-order valence-electron chi connectivity index (χ4n) is 2.43. The smallest absolute Gasteiger partial charge is 0.261 e. The van der Waals surface area contributed by atoms with E-state index in [1.807, 2.05) is 24.3 Å². The van der Waals surface area contributed by atoms with Crippen LogP contribution in [-0.2, 0) is 5.75 Å². The summed E-state index contributed by atoms with van der Waals surface area (Å²) in [6, 6.07) is 15.4. The highest BCUT2D eigenvalue weighted by Gasteiger charge is 2.26. The molecule has 0 saturated heterocycles. The molecule has 2 aromatic rings. The van der Waals surface area contributed by atoms with Gasteiger partial charge in [-0.15, -0.1) is 0 Å². The number of nitrogens with zero attached hydrogens (tertiary/aromatic N) is 2. The molecule has 0 saturated carbocycles. The third kappa shape index (κ3) is 3.59. The van der Waals surface area contributed by atoms with Crippen LogP contribution in [0, 0.1) is 6.92 Å². The van der Waals surface area contributed by atoms with Gasteiger partial charge in [0.1, 0.15) is 0 Å². The van der Waals surface area contributed by atoms with Gasteiger partial charge in [-0.3, -0.25) is 14.7 Å². The minimum Gasteiger partial charge on any atom is -0.286 e. The lowest BCUT2D eigenvalue weighted by atomic mass is 10.1. The maximum atomic E-state index is 12.7. The van der Waals surface area contributed by atoms with E-state index in [2.05, 4.69) is 24.0 Å². The van der Waals surface area contributed by atoms with Crippen LogP contribution in [0.3, 0.4) is 0 Å². The maximum absolute atomic E-state index is 12.7. The highest BCUT2D eigenvalue weighted by molar-refractivity contribution is 8.13. The summed E-state index contributed by atoms with van der Waals surface area (Å²) in [5.41, 5.74) is 3.04. The molecule has 0 unspecified atom stereocenters. The van der Waals surface area contributed by atoms with Crippen LogP contribution in [0.15, 0.2) is 53.5 Å². The van der Waals surface area contributed by atoms with Crippen molar-refractivity contribution < 1.29 is 4.79 Å². The minimum atomic E-state index is -0.0795. The molecule has 3 nitrogen and oxygen atoms in total. The number of carbonyl (C=O) groups is 1. The predicted molar refractivity (Wildman–Crippen MR) is 97.3 cm³/mol. The van der Waals surface area contributed by atoms with E-state index < -0.39 is 0 Å². The zero-order valence-electron chi connectivity index (χ0n) is 12.8. The van der Waals surface area contributed by atoms with Gasteiger partial charge in [-0.1, -0.05) is 59.8 Å². The fraction of sp³-hybridized carbons (Fsp3) is 0.222. The molecule has 118 valence electrons. The van der Waals surface area contributed by atoms with Crippen LogP contribution in [0.25, 0.3) is 0 Å². The number of amidine groups is 1. The van der Waals surface area contributed by atoms with E-state index in [-0.39, 0.29) is 5.91 Å². The average molecular weight is 345 g/mol. The molecule has 0 radical (unpaired) electrons. The molecule has 0 fully saturated rings. The van der Waals surface area contributed by atoms with Crippen LogP contribution in [0.5, 0.6) is 0 Å². The van der Waals surface area contributed by atoms with Crippen molar-refractivity contribution in [2.75, 3.05) is 13.1 Å². The van der Waals surface area contributed by atoms with Crippen molar-refractivity contribution in [3.63, 3.8) is 0 Å². The average Bonchev–Trinajstić information content (AvgIpc) is 3.02. The summed E-state index contributed by atoms with van der Waals surface area (Å²) in [5.74, 6) is 0.724. The fourth-order valence-corrected chi connectivity index (χ4v) is 3.77. The van der Waals surface area contributed by atoms with Crippen LogP contribution in [0.1, 0.15) is 21.5 Å². The van der Waals surface area contributed by atoms with Crippen LogP contribution in [-0.4, -0.2) is 29.1 Å². The number of aryl methyl sites for hydroxylation is 1. The van der Waals surface area contributed by atoms with Gasteiger partial charge in [-0.2, -0.15) is 0 Å². The molecule has 0 aromatic heterocycles. The van der Waals surface area contributed by atoms with Crippen molar-refractivity contribution in [3.8, 4) is 0 Å². The first-order valence-electron chi connectivity index (χ1n) is 7.45. The monoisotopic (exact) mass is 344 g/mol. The van der Waals surface area contributed by atoms with Gasteiger partial charge in [0.2, 0.25) is 0 Å². The third-order valence-electron chi connectivity index (χ3n) is 3.77. The zero-order chi connectivity index (χ0) is 16.2. The van der Waals surface area contributed by atoms with Gasteiger partial charge < -0.3 is 0 Å². The van der Waals surface area contributed by atoms with Crippen LogP contribution in [0.4, 0.5) is 0 Å². The summed E-state index contributed by atoms with van der Waals surface area (Å²) in [5, 5.41) is 1.26. The zero-order valence-corrected chi connectivity index (χ0v) is 14.4. The summed E-state index contributed by atoms with van der Waals surface area (Å²) in [6.45, 7) is 3.35. The molecular weight excluding hydrogens is 328 g/mol. The largest absolute Gasteiger partial charge is 0.286 e. The van der Waals surface area contributed by atoms with Crippen molar-refractivity contribution in [2.24, 2.45) is 4.99 Å². The van der Waals surface area contributed by atoms with Crippen molar-refractivity contribution in [1.29, 1.82) is 0 Å². The van der Waals surface area contributed by atoms with Gasteiger partial charge >= 0.3 is 0 Å². The van der Waals surface area contributed by atoms with Gasteiger partial charge in [0.05, 0.1) is 17.1 Å². The van der Waals surface area contributed by atoms with Gasteiger partial charge in [0, 0.05) is 12.3 Å². The number of hydrogen-bond acceptors (Lipinski definition) is 3. The number of hydrogen-bond donors (Lipinski definition) is 0. The van der Waals surface area contributed by atoms with E-state index in [9.17, 15) is 4.79 Å². The first kappa shape index (κ1) is 16.1. The van der Waals surface area contributed by atoms with Gasteiger partial charge in [-0.05, 0) is 30.2 Å². The quantitative estimate of drug-likeness (QED) is 0.827. The lowest BCUT2D eigenvalue weighted by Crippen LogP contribution is -2.33. The molecule has 0 atom stereocenters. The topological polar surface area (TPSA) is 32.7 Å². The molecule has 0 aliphatic carbocycles. The van der Waals surface area contributed by atoms with E-state index in [1.54, 1.807) is 28.8 Å². The molecule has 0 spiro atoms. The Morgan fingerprint density at radius 3 is 2.74 bits per heavy atom. The van der Waals surface area contributed by atoms with Crippen LogP contribution in [0.2, 0.25) is 5.02 Å². The molecule has 2 aromatic carbocycles. The third-order valence-corrected chi connectivity index (χ3v) is 5.16. The molecule has 23 heavy (non-hydrogen) atoms. The molecule has 5 heteroatoms. The second-order valence-electron chi connectivity index (χ2n) is 5.32. The number of carbonyl (C=O) groups excluding carboxylic acids is 1. The molecule has 0 bridgehead atoms. The number of thioether (sulfide) groups is 1.